The zero-order valence-electron chi connectivity index (χ0n) is 15.3. The third-order valence-corrected chi connectivity index (χ3v) is 9.61. The minimum Gasteiger partial charge on any atom is -0.489 e. The van der Waals surface area contributed by atoms with Gasteiger partial charge in [-0.05, 0) is 36.7 Å². The van der Waals surface area contributed by atoms with E-state index < -0.39 is 14.1 Å². The molecule has 7 heteroatoms. The average Bonchev–Trinajstić information content (AvgIpc) is 2.76. The lowest BCUT2D eigenvalue weighted by molar-refractivity contribution is 0.190. The van der Waals surface area contributed by atoms with Crippen LogP contribution in [0.1, 0.15) is 27.2 Å². The van der Waals surface area contributed by atoms with E-state index in [0.29, 0.717) is 18.8 Å². The van der Waals surface area contributed by atoms with E-state index in [2.05, 4.69) is 33.9 Å². The number of benzene rings is 1. The molecule has 132 valence electrons. The summed E-state index contributed by atoms with van der Waals surface area (Å²) in [5.41, 5.74) is 5.92. The molecule has 0 bridgehead atoms. The maximum Gasteiger partial charge on any atom is 0.192 e. The summed E-state index contributed by atoms with van der Waals surface area (Å²) in [5, 5.41) is 0.161. The normalized spacial score (nSPS) is 22.8. The van der Waals surface area contributed by atoms with Gasteiger partial charge in [0.2, 0.25) is 0 Å². The van der Waals surface area contributed by atoms with Gasteiger partial charge >= 0.3 is 0 Å². The third-order valence-electron chi connectivity index (χ3n) is 5.07. The fraction of sp³-hybridized carbons (Fsp3) is 0.647. The van der Waals surface area contributed by atoms with E-state index in [-0.39, 0.29) is 22.9 Å². The van der Waals surface area contributed by atoms with Gasteiger partial charge in [0.25, 0.3) is 0 Å². The lowest BCUT2D eigenvalue weighted by Crippen LogP contribution is -2.44. The minimum absolute atomic E-state index is 0.0109. The maximum absolute atomic E-state index is 13.8. The second kappa shape index (κ2) is 7.06. The lowest BCUT2D eigenvalue weighted by atomic mass is 10.2. The van der Waals surface area contributed by atoms with E-state index in [1.165, 1.54) is 6.07 Å². The van der Waals surface area contributed by atoms with Gasteiger partial charge in [-0.1, -0.05) is 20.8 Å². The molecule has 2 N–H and O–H groups in total. The fourth-order valence-corrected chi connectivity index (χ4v) is 3.92. The molecule has 1 aromatic carbocycles. The van der Waals surface area contributed by atoms with Crippen molar-refractivity contribution in [3.05, 3.63) is 24.0 Å². The average molecular weight is 350 g/mol. The first-order valence-electron chi connectivity index (χ1n) is 8.36. The van der Waals surface area contributed by atoms with Gasteiger partial charge in [-0.25, -0.2) is 4.39 Å². The van der Waals surface area contributed by atoms with Crippen molar-refractivity contribution < 1.29 is 13.6 Å². The molecule has 2 radical (unpaired) electrons. The molecule has 0 spiro atoms. The lowest BCUT2D eigenvalue weighted by Gasteiger charge is -2.38. The first-order valence-corrected chi connectivity index (χ1v) is 11.3. The summed E-state index contributed by atoms with van der Waals surface area (Å²) in [6.45, 7) is 12.1. The van der Waals surface area contributed by atoms with Crippen molar-refractivity contribution in [2.45, 2.75) is 57.5 Å². The molecule has 1 fully saturated rings. The molecule has 0 aromatic heterocycles. The standard InChI is InChI=1S/C17H28BFN2O2Si/c1-17(2,3)24(4,5)23-14-9-13(21(18)10-14)11-22-16-7-6-12(20)8-15(16)19/h6-8,13-14H,9-11,20H2,1-5H3/t13-,14+/m0/s1. The van der Waals surface area contributed by atoms with Gasteiger partial charge < -0.3 is 19.7 Å². The number of rotatable bonds is 5. The Kier molecular flexibility index (Phi) is 5.67. The smallest absolute Gasteiger partial charge is 0.192 e. The van der Waals surface area contributed by atoms with E-state index >= 15 is 0 Å². The number of halogens is 1. The number of nitrogens with zero attached hydrogens (tertiary/aromatic N) is 1. The van der Waals surface area contributed by atoms with Crippen molar-refractivity contribution >= 4 is 22.0 Å². The molecule has 1 heterocycles. The highest BCUT2D eigenvalue weighted by Crippen LogP contribution is 2.38. The van der Waals surface area contributed by atoms with Gasteiger partial charge in [-0.15, -0.1) is 0 Å². The second-order valence-electron chi connectivity index (χ2n) is 8.09. The van der Waals surface area contributed by atoms with Crippen LogP contribution in [-0.2, 0) is 4.43 Å². The van der Waals surface area contributed by atoms with Crippen molar-refractivity contribution in [1.29, 1.82) is 0 Å². The van der Waals surface area contributed by atoms with Crippen molar-refractivity contribution in [1.82, 2.24) is 4.81 Å². The minimum atomic E-state index is -1.83. The Hall–Kier alpha value is -1.05. The quantitative estimate of drug-likeness (QED) is 0.654. The number of ether oxygens (including phenoxy) is 1. The highest BCUT2D eigenvalue weighted by Gasteiger charge is 2.41. The monoisotopic (exact) mass is 350 g/mol. The molecule has 1 aliphatic heterocycles. The number of hydrogen-bond acceptors (Lipinski definition) is 4. The molecule has 4 nitrogen and oxygen atoms in total. The molecule has 1 aromatic rings. The van der Waals surface area contributed by atoms with Crippen LogP contribution in [0.2, 0.25) is 18.1 Å². The van der Waals surface area contributed by atoms with E-state index in [1.807, 2.05) is 0 Å². The molecule has 1 aliphatic rings. The summed E-state index contributed by atoms with van der Waals surface area (Å²) in [5.74, 6) is -0.253. The van der Waals surface area contributed by atoms with E-state index in [4.69, 9.17) is 22.9 Å². The molecule has 1 saturated heterocycles. The van der Waals surface area contributed by atoms with Crippen molar-refractivity contribution in [3.63, 3.8) is 0 Å². The molecular formula is C17H28BFN2O2Si. The Bertz CT molecular complexity index is 580. The summed E-state index contributed by atoms with van der Waals surface area (Å²) >= 11 is 0. The van der Waals surface area contributed by atoms with Gasteiger partial charge in [-0.3, -0.25) is 0 Å². The van der Waals surface area contributed by atoms with Crippen molar-refractivity contribution in [2.75, 3.05) is 18.9 Å². The van der Waals surface area contributed by atoms with Crippen LogP contribution < -0.4 is 10.5 Å². The van der Waals surface area contributed by atoms with Gasteiger partial charge in [0.15, 0.2) is 27.9 Å². The van der Waals surface area contributed by atoms with Crippen molar-refractivity contribution in [2.24, 2.45) is 0 Å². The molecule has 0 unspecified atom stereocenters. The highest BCUT2D eigenvalue weighted by atomic mass is 28.4. The Morgan fingerprint density at radius 2 is 2.04 bits per heavy atom. The number of nitrogens with two attached hydrogens (primary N) is 1. The molecule has 0 amide bonds. The fourth-order valence-electron chi connectivity index (χ4n) is 2.56. The molecule has 2 rings (SSSR count). The second-order valence-corrected chi connectivity index (χ2v) is 12.8. The van der Waals surface area contributed by atoms with Crippen LogP contribution >= 0.6 is 0 Å². The molecule has 24 heavy (non-hydrogen) atoms. The molecule has 0 saturated carbocycles. The van der Waals surface area contributed by atoms with E-state index in [9.17, 15) is 4.39 Å². The third kappa shape index (κ3) is 4.52. The first kappa shape index (κ1) is 19.3. The van der Waals surface area contributed by atoms with E-state index in [1.54, 1.807) is 16.9 Å². The number of hydrogen-bond donors (Lipinski definition) is 1. The van der Waals surface area contributed by atoms with Gasteiger partial charge in [-0.2, -0.15) is 0 Å². The summed E-state index contributed by atoms with van der Waals surface area (Å²) in [6, 6.07) is 4.44. The summed E-state index contributed by atoms with van der Waals surface area (Å²) < 4.78 is 25.8. The largest absolute Gasteiger partial charge is 0.489 e. The van der Waals surface area contributed by atoms with Gasteiger partial charge in [0.1, 0.15) is 6.61 Å². The highest BCUT2D eigenvalue weighted by molar-refractivity contribution is 6.74. The summed E-state index contributed by atoms with van der Waals surface area (Å²) in [4.78, 5) is 1.74. The number of nitrogen functional groups attached to an aromatic ring is 1. The Morgan fingerprint density at radius 3 is 2.62 bits per heavy atom. The predicted octanol–water partition coefficient (Wildman–Crippen LogP) is 3.33. The summed E-state index contributed by atoms with van der Waals surface area (Å²) in [6.07, 6.45) is 0.889. The maximum atomic E-state index is 13.8. The summed E-state index contributed by atoms with van der Waals surface area (Å²) in [7, 11) is 4.27. The van der Waals surface area contributed by atoms with Crippen LogP contribution in [0.3, 0.4) is 0 Å². The van der Waals surface area contributed by atoms with Gasteiger partial charge in [0, 0.05) is 24.3 Å². The van der Waals surface area contributed by atoms with Crippen molar-refractivity contribution in [3.8, 4) is 5.75 Å². The van der Waals surface area contributed by atoms with E-state index in [0.717, 1.165) is 6.42 Å². The molecule has 0 aliphatic carbocycles. The topological polar surface area (TPSA) is 47.7 Å². The van der Waals surface area contributed by atoms with Crippen LogP contribution in [0.25, 0.3) is 0 Å². The van der Waals surface area contributed by atoms with Crippen LogP contribution in [0.5, 0.6) is 5.75 Å². The first-order chi connectivity index (χ1) is 11.0. The zero-order chi connectivity index (χ0) is 18.1. The predicted molar refractivity (Wildman–Crippen MR) is 99.2 cm³/mol. The van der Waals surface area contributed by atoms with Gasteiger partial charge in [0.05, 0.1) is 6.10 Å². The SMILES string of the molecule is [B]N1C[C@H](O[Si](C)(C)C(C)(C)C)C[C@H]1COc1ccc(N)cc1F. The Labute approximate surface area is 147 Å². The van der Waals surface area contributed by atoms with Crippen LogP contribution in [0, 0.1) is 5.82 Å². The van der Waals surface area contributed by atoms with Crippen LogP contribution in [-0.4, -0.2) is 46.4 Å². The van der Waals surface area contributed by atoms with Crippen LogP contribution in [0.4, 0.5) is 10.1 Å². The molecular weight excluding hydrogens is 322 g/mol. The Balaban J connectivity index is 1.92. The molecule has 2 atom stereocenters. The Morgan fingerprint density at radius 1 is 1.38 bits per heavy atom. The zero-order valence-corrected chi connectivity index (χ0v) is 16.3. The van der Waals surface area contributed by atoms with Crippen LogP contribution in [0.15, 0.2) is 18.2 Å². The number of anilines is 1.